The smallest absolute Gasteiger partial charge is 0.182 e. The summed E-state index contributed by atoms with van der Waals surface area (Å²) in [6, 6.07) is 1.78. The van der Waals surface area contributed by atoms with Crippen molar-refractivity contribution in [2.24, 2.45) is 0 Å². The Morgan fingerprint density at radius 2 is 2.24 bits per heavy atom. The number of hydrogen-bond donors (Lipinski definition) is 4. The second-order valence-electron chi connectivity index (χ2n) is 3.73. The van der Waals surface area contributed by atoms with Gasteiger partial charge in [-0.15, -0.1) is 0 Å². The van der Waals surface area contributed by atoms with E-state index < -0.39 is 31.1 Å². The molecule has 0 saturated carbocycles. The van der Waals surface area contributed by atoms with Crippen molar-refractivity contribution in [3.05, 3.63) is 12.0 Å². The summed E-state index contributed by atoms with van der Waals surface area (Å²) in [5.74, 6) is 0.0438. The number of imidazole rings is 1. The summed E-state index contributed by atoms with van der Waals surface area (Å²) >= 11 is 0. The molecule has 1 aromatic heterocycles. The van der Waals surface area contributed by atoms with E-state index in [-0.39, 0.29) is 11.5 Å². The van der Waals surface area contributed by atoms with Crippen LogP contribution in [0.1, 0.15) is 11.9 Å². The van der Waals surface area contributed by atoms with Gasteiger partial charge < -0.3 is 25.8 Å². The molecule has 0 unspecified atom stereocenters. The maximum absolute atomic E-state index is 9.75. The number of aromatic nitrogens is 2. The molecule has 4 atom stereocenters. The van der Waals surface area contributed by atoms with Crippen molar-refractivity contribution in [1.29, 1.82) is 5.26 Å². The van der Waals surface area contributed by atoms with E-state index in [2.05, 4.69) is 4.98 Å². The molecule has 1 aliphatic rings. The SMILES string of the molecule is N#Cc1ncn([C@H]2O[C@H](CO)[C@@H](O)[C@H]2O)c1N. The van der Waals surface area contributed by atoms with E-state index in [1.807, 2.05) is 0 Å². The molecule has 0 amide bonds. The van der Waals surface area contributed by atoms with E-state index >= 15 is 0 Å². The monoisotopic (exact) mass is 240 g/mol. The van der Waals surface area contributed by atoms with E-state index in [0.717, 1.165) is 0 Å². The third kappa shape index (κ3) is 1.75. The fourth-order valence-electron chi connectivity index (χ4n) is 1.77. The molecule has 0 aliphatic carbocycles. The summed E-state index contributed by atoms with van der Waals surface area (Å²) in [5, 5.41) is 36.9. The molecule has 1 fully saturated rings. The van der Waals surface area contributed by atoms with Crippen LogP contribution in [-0.2, 0) is 4.74 Å². The highest BCUT2D eigenvalue weighted by molar-refractivity contribution is 5.44. The van der Waals surface area contributed by atoms with Gasteiger partial charge in [0, 0.05) is 0 Å². The zero-order valence-corrected chi connectivity index (χ0v) is 8.76. The molecule has 0 bridgehead atoms. The minimum atomic E-state index is -1.24. The highest BCUT2D eigenvalue weighted by Gasteiger charge is 2.44. The van der Waals surface area contributed by atoms with Crippen LogP contribution in [0.5, 0.6) is 0 Å². The molecule has 92 valence electrons. The van der Waals surface area contributed by atoms with Gasteiger partial charge in [0.25, 0.3) is 0 Å². The number of hydrogen-bond acceptors (Lipinski definition) is 7. The Morgan fingerprint density at radius 1 is 1.53 bits per heavy atom. The van der Waals surface area contributed by atoms with Gasteiger partial charge in [0.2, 0.25) is 0 Å². The lowest BCUT2D eigenvalue weighted by atomic mass is 10.1. The predicted octanol–water partition coefficient (Wildman–Crippen LogP) is -2.05. The molecule has 5 N–H and O–H groups in total. The van der Waals surface area contributed by atoms with Gasteiger partial charge in [-0.3, -0.25) is 4.57 Å². The van der Waals surface area contributed by atoms with Crippen LogP contribution >= 0.6 is 0 Å². The van der Waals surface area contributed by atoms with Gasteiger partial charge in [-0.1, -0.05) is 0 Å². The van der Waals surface area contributed by atoms with Crippen LogP contribution in [-0.4, -0.2) is 49.8 Å². The molecule has 0 spiro atoms. The average Bonchev–Trinajstić information content (AvgIpc) is 2.82. The number of nitrogens with zero attached hydrogens (tertiary/aromatic N) is 3. The summed E-state index contributed by atoms with van der Waals surface area (Å²) in [6.07, 6.45) is -3.06. The second-order valence-corrected chi connectivity index (χ2v) is 3.73. The normalized spacial score (nSPS) is 32.6. The third-order valence-corrected chi connectivity index (χ3v) is 2.73. The van der Waals surface area contributed by atoms with Crippen molar-refractivity contribution in [1.82, 2.24) is 9.55 Å². The van der Waals surface area contributed by atoms with Crippen LogP contribution in [0.4, 0.5) is 5.82 Å². The fourth-order valence-corrected chi connectivity index (χ4v) is 1.77. The Bertz CT molecular complexity index is 454. The van der Waals surface area contributed by atoms with Crippen molar-refractivity contribution in [2.75, 3.05) is 12.3 Å². The number of nitriles is 1. The Balaban J connectivity index is 2.29. The number of nitrogens with two attached hydrogens (primary N) is 1. The highest BCUT2D eigenvalue weighted by Crippen LogP contribution is 2.31. The predicted molar refractivity (Wildman–Crippen MR) is 54.4 cm³/mol. The van der Waals surface area contributed by atoms with E-state index in [1.54, 1.807) is 6.07 Å². The van der Waals surface area contributed by atoms with E-state index in [4.69, 9.17) is 20.8 Å². The van der Waals surface area contributed by atoms with Crippen molar-refractivity contribution >= 4 is 5.82 Å². The van der Waals surface area contributed by atoms with Gasteiger partial charge in [-0.05, 0) is 0 Å². The quantitative estimate of drug-likeness (QED) is 0.466. The third-order valence-electron chi connectivity index (χ3n) is 2.73. The van der Waals surface area contributed by atoms with E-state index in [1.165, 1.54) is 10.9 Å². The average molecular weight is 240 g/mol. The first-order chi connectivity index (χ1) is 8.10. The molecular weight excluding hydrogens is 228 g/mol. The fraction of sp³-hybridized carbons (Fsp3) is 0.556. The van der Waals surface area contributed by atoms with Crippen molar-refractivity contribution in [3.8, 4) is 6.07 Å². The van der Waals surface area contributed by atoms with Gasteiger partial charge in [0.15, 0.2) is 11.9 Å². The molecule has 1 saturated heterocycles. The zero-order valence-electron chi connectivity index (χ0n) is 8.76. The number of rotatable bonds is 2. The van der Waals surface area contributed by atoms with Gasteiger partial charge in [-0.2, -0.15) is 5.26 Å². The first kappa shape index (κ1) is 11.8. The number of ether oxygens (including phenoxy) is 1. The maximum atomic E-state index is 9.75. The molecular formula is C9H12N4O4. The summed E-state index contributed by atoms with van der Waals surface area (Å²) in [4.78, 5) is 3.73. The molecule has 1 aromatic rings. The lowest BCUT2D eigenvalue weighted by molar-refractivity contribution is -0.0518. The Kier molecular flexibility index (Phi) is 2.99. The molecule has 2 heterocycles. The maximum Gasteiger partial charge on any atom is 0.182 e. The molecule has 17 heavy (non-hydrogen) atoms. The molecule has 0 aromatic carbocycles. The van der Waals surface area contributed by atoms with Gasteiger partial charge >= 0.3 is 0 Å². The molecule has 1 aliphatic heterocycles. The lowest BCUT2D eigenvalue weighted by Crippen LogP contribution is -2.33. The lowest BCUT2D eigenvalue weighted by Gasteiger charge is -2.17. The highest BCUT2D eigenvalue weighted by atomic mass is 16.6. The van der Waals surface area contributed by atoms with Gasteiger partial charge in [0.05, 0.1) is 6.61 Å². The van der Waals surface area contributed by atoms with Gasteiger partial charge in [0.1, 0.15) is 36.5 Å². The number of aliphatic hydroxyl groups excluding tert-OH is 3. The second kappa shape index (κ2) is 4.31. The van der Waals surface area contributed by atoms with Crippen molar-refractivity contribution < 1.29 is 20.1 Å². The van der Waals surface area contributed by atoms with E-state index in [9.17, 15) is 10.2 Å². The van der Waals surface area contributed by atoms with E-state index in [0.29, 0.717) is 0 Å². The topological polar surface area (TPSA) is 138 Å². The van der Waals surface area contributed by atoms with Crippen molar-refractivity contribution in [3.63, 3.8) is 0 Å². The first-order valence-electron chi connectivity index (χ1n) is 4.95. The minimum Gasteiger partial charge on any atom is -0.394 e. The number of nitrogen functional groups attached to an aromatic ring is 1. The molecule has 0 radical (unpaired) electrons. The summed E-state index contributed by atoms with van der Waals surface area (Å²) in [7, 11) is 0. The number of anilines is 1. The van der Waals surface area contributed by atoms with Crippen LogP contribution in [0, 0.1) is 11.3 Å². The summed E-state index contributed by atoms with van der Waals surface area (Å²) in [6.45, 7) is -0.422. The Labute approximate surface area is 96.5 Å². The van der Waals surface area contributed by atoms with Crippen LogP contribution in [0.25, 0.3) is 0 Å². The van der Waals surface area contributed by atoms with Crippen LogP contribution in [0.15, 0.2) is 6.33 Å². The van der Waals surface area contributed by atoms with Crippen LogP contribution < -0.4 is 5.73 Å². The zero-order chi connectivity index (χ0) is 12.6. The van der Waals surface area contributed by atoms with Gasteiger partial charge in [-0.25, -0.2) is 4.98 Å². The number of aliphatic hydroxyl groups is 3. The molecule has 8 nitrogen and oxygen atoms in total. The largest absolute Gasteiger partial charge is 0.394 e. The first-order valence-corrected chi connectivity index (χ1v) is 4.95. The molecule has 2 rings (SSSR count). The van der Waals surface area contributed by atoms with Crippen molar-refractivity contribution in [2.45, 2.75) is 24.5 Å². The minimum absolute atomic E-state index is 0.0164. The summed E-state index contributed by atoms with van der Waals surface area (Å²) in [5.41, 5.74) is 5.65. The Hall–Kier alpha value is -1.66. The van der Waals surface area contributed by atoms with Crippen LogP contribution in [0.2, 0.25) is 0 Å². The summed E-state index contributed by atoms with van der Waals surface area (Å²) < 4.78 is 6.50. The molecule has 8 heteroatoms. The standard InChI is InChI=1S/C9H12N4O4/c10-1-4-8(11)13(3-12-4)9-7(16)6(15)5(2-14)17-9/h3,5-7,9,14-16H,2,11H2/t5-,6-,7-,9+/m1/s1. The van der Waals surface area contributed by atoms with Crippen LogP contribution in [0.3, 0.4) is 0 Å². The Morgan fingerprint density at radius 3 is 2.71 bits per heavy atom.